The molecule has 0 amide bonds. The summed E-state index contributed by atoms with van der Waals surface area (Å²) in [6, 6.07) is 16.8. The van der Waals surface area contributed by atoms with Crippen LogP contribution >= 0.6 is 0 Å². The standard InChI is InChI=1S/C20H21NO6S/c1-26-19(22)12-13-20(23)27-14-18(17-10-6-3-7-11-17)21-28(24,25)15-16-8-4-2-5-9-16/h2-13,18,21H,14-15H2,1H3/b13-12+. The fraction of sp³-hybridized carbons (Fsp3) is 0.200. The molecule has 0 aliphatic heterocycles. The Morgan fingerprint density at radius 3 is 2.14 bits per heavy atom. The molecule has 1 N–H and O–H groups in total. The number of hydrogen-bond acceptors (Lipinski definition) is 6. The normalized spacial score (nSPS) is 12.5. The predicted molar refractivity (Wildman–Crippen MR) is 103 cm³/mol. The first kappa shape index (κ1) is 21.3. The third kappa shape index (κ3) is 7.34. The average molecular weight is 403 g/mol. The van der Waals surface area contributed by atoms with Crippen molar-refractivity contribution in [2.45, 2.75) is 11.8 Å². The molecule has 0 saturated heterocycles. The first-order valence-corrected chi connectivity index (χ1v) is 10.1. The first-order valence-electron chi connectivity index (χ1n) is 8.41. The highest BCUT2D eigenvalue weighted by Gasteiger charge is 2.21. The number of methoxy groups -OCH3 is 1. The summed E-state index contributed by atoms with van der Waals surface area (Å²) in [5.41, 5.74) is 1.28. The van der Waals surface area contributed by atoms with Crippen molar-refractivity contribution < 1.29 is 27.5 Å². The van der Waals surface area contributed by atoms with Gasteiger partial charge in [-0.3, -0.25) is 0 Å². The molecule has 0 radical (unpaired) electrons. The molecule has 0 saturated carbocycles. The van der Waals surface area contributed by atoms with E-state index in [9.17, 15) is 18.0 Å². The lowest BCUT2D eigenvalue weighted by Crippen LogP contribution is -2.33. The van der Waals surface area contributed by atoms with Crippen LogP contribution in [0.15, 0.2) is 72.8 Å². The summed E-state index contributed by atoms with van der Waals surface area (Å²) in [4.78, 5) is 22.8. The second-order valence-corrected chi connectivity index (χ2v) is 7.57. The fourth-order valence-corrected chi connectivity index (χ4v) is 3.71. The van der Waals surface area contributed by atoms with Crippen LogP contribution in [0.4, 0.5) is 0 Å². The van der Waals surface area contributed by atoms with Gasteiger partial charge >= 0.3 is 11.9 Å². The van der Waals surface area contributed by atoms with Gasteiger partial charge in [0.05, 0.1) is 18.9 Å². The zero-order chi connectivity index (χ0) is 20.4. The third-order valence-electron chi connectivity index (χ3n) is 3.67. The molecule has 148 valence electrons. The van der Waals surface area contributed by atoms with E-state index in [1.807, 2.05) is 0 Å². The zero-order valence-electron chi connectivity index (χ0n) is 15.3. The van der Waals surface area contributed by atoms with Crippen LogP contribution in [0.1, 0.15) is 17.2 Å². The molecule has 0 spiro atoms. The highest BCUT2D eigenvalue weighted by atomic mass is 32.2. The van der Waals surface area contributed by atoms with E-state index in [-0.39, 0.29) is 12.4 Å². The summed E-state index contributed by atoms with van der Waals surface area (Å²) in [7, 11) is -2.51. The minimum atomic E-state index is -3.69. The summed E-state index contributed by atoms with van der Waals surface area (Å²) in [5, 5.41) is 0. The van der Waals surface area contributed by atoms with E-state index < -0.39 is 28.0 Å². The van der Waals surface area contributed by atoms with Gasteiger partial charge in [0.1, 0.15) is 6.61 Å². The van der Waals surface area contributed by atoms with Crippen LogP contribution in [0.25, 0.3) is 0 Å². The van der Waals surface area contributed by atoms with Crippen molar-refractivity contribution in [3.8, 4) is 0 Å². The van der Waals surface area contributed by atoms with Gasteiger partial charge < -0.3 is 9.47 Å². The van der Waals surface area contributed by atoms with E-state index in [0.717, 1.165) is 12.2 Å². The number of nitrogens with one attached hydrogen (secondary N) is 1. The van der Waals surface area contributed by atoms with E-state index in [1.54, 1.807) is 60.7 Å². The molecule has 0 heterocycles. The SMILES string of the molecule is COC(=O)/C=C/C(=O)OCC(NS(=O)(=O)Cc1ccccc1)c1ccccc1. The molecule has 1 atom stereocenters. The van der Waals surface area contributed by atoms with Crippen molar-refractivity contribution in [1.82, 2.24) is 4.72 Å². The molecule has 2 rings (SSSR count). The Labute approximate surface area is 164 Å². The molecule has 0 fully saturated rings. The topological polar surface area (TPSA) is 98.8 Å². The fourth-order valence-electron chi connectivity index (χ4n) is 2.35. The molecule has 0 aliphatic carbocycles. The smallest absolute Gasteiger partial charge is 0.331 e. The molecule has 7 nitrogen and oxygen atoms in total. The first-order chi connectivity index (χ1) is 13.4. The summed E-state index contributed by atoms with van der Waals surface area (Å²) in [6.45, 7) is -0.234. The molecule has 2 aromatic rings. The number of carbonyl (C=O) groups is 2. The molecule has 0 aliphatic rings. The Balaban J connectivity index is 2.09. The largest absolute Gasteiger partial charge is 0.466 e. The molecule has 8 heteroatoms. The van der Waals surface area contributed by atoms with Gasteiger partial charge in [-0.05, 0) is 11.1 Å². The summed E-state index contributed by atoms with van der Waals surface area (Å²) in [5.74, 6) is -1.68. The van der Waals surface area contributed by atoms with Crippen molar-refractivity contribution in [3.63, 3.8) is 0 Å². The Morgan fingerprint density at radius 2 is 1.54 bits per heavy atom. The highest BCUT2D eigenvalue weighted by Crippen LogP contribution is 2.16. The quantitative estimate of drug-likeness (QED) is 0.509. The molecule has 0 aromatic heterocycles. The van der Waals surface area contributed by atoms with Gasteiger partial charge in [-0.2, -0.15) is 0 Å². The third-order valence-corrected chi connectivity index (χ3v) is 5.03. The van der Waals surface area contributed by atoms with Gasteiger partial charge in [-0.15, -0.1) is 0 Å². The van der Waals surface area contributed by atoms with Gasteiger partial charge in [0.15, 0.2) is 0 Å². The van der Waals surface area contributed by atoms with Gasteiger partial charge in [0.25, 0.3) is 0 Å². The van der Waals surface area contributed by atoms with Gasteiger partial charge in [0, 0.05) is 12.2 Å². The summed E-state index contributed by atoms with van der Waals surface area (Å²) < 4.78 is 37.2. The summed E-state index contributed by atoms with van der Waals surface area (Å²) >= 11 is 0. The van der Waals surface area contributed by atoms with Crippen molar-refractivity contribution in [2.24, 2.45) is 0 Å². The molecular formula is C20H21NO6S. The number of sulfonamides is 1. The average Bonchev–Trinajstić information content (AvgIpc) is 2.70. The minimum Gasteiger partial charge on any atom is -0.466 e. The monoisotopic (exact) mass is 403 g/mol. The molecular weight excluding hydrogens is 382 g/mol. The second kappa shape index (κ2) is 10.4. The lowest BCUT2D eigenvalue weighted by atomic mass is 10.1. The lowest BCUT2D eigenvalue weighted by molar-refractivity contribution is -0.139. The number of rotatable bonds is 9. The minimum absolute atomic E-state index is 0.201. The molecule has 1 unspecified atom stereocenters. The van der Waals surface area contributed by atoms with Crippen LogP contribution in [-0.4, -0.2) is 34.1 Å². The van der Waals surface area contributed by atoms with E-state index in [1.165, 1.54) is 7.11 Å². The van der Waals surface area contributed by atoms with Crippen LogP contribution in [0.3, 0.4) is 0 Å². The van der Waals surface area contributed by atoms with Gasteiger partial charge in [-0.25, -0.2) is 22.7 Å². The Morgan fingerprint density at radius 1 is 0.964 bits per heavy atom. The predicted octanol–water partition coefficient (Wildman–Crippen LogP) is 2.12. The maximum Gasteiger partial charge on any atom is 0.331 e. The van der Waals surface area contributed by atoms with E-state index in [0.29, 0.717) is 11.1 Å². The Kier molecular flexibility index (Phi) is 7.91. The van der Waals surface area contributed by atoms with Crippen LogP contribution in [0, 0.1) is 0 Å². The van der Waals surface area contributed by atoms with Crippen molar-refractivity contribution in [1.29, 1.82) is 0 Å². The van der Waals surface area contributed by atoms with Crippen LogP contribution in [0.2, 0.25) is 0 Å². The highest BCUT2D eigenvalue weighted by molar-refractivity contribution is 7.88. The van der Waals surface area contributed by atoms with Gasteiger partial charge in [-0.1, -0.05) is 60.7 Å². The second-order valence-electron chi connectivity index (χ2n) is 5.81. The molecule has 2 aromatic carbocycles. The maximum absolute atomic E-state index is 12.6. The van der Waals surface area contributed by atoms with Crippen molar-refractivity contribution in [2.75, 3.05) is 13.7 Å². The van der Waals surface area contributed by atoms with Crippen LogP contribution in [-0.2, 0) is 34.8 Å². The molecule has 0 bridgehead atoms. The maximum atomic E-state index is 12.6. The zero-order valence-corrected chi connectivity index (χ0v) is 16.1. The summed E-state index contributed by atoms with van der Waals surface area (Å²) in [6.07, 6.45) is 1.85. The number of ether oxygens (including phenoxy) is 2. The van der Waals surface area contributed by atoms with Gasteiger partial charge in [0.2, 0.25) is 10.0 Å². The Bertz CT molecular complexity index is 910. The number of benzene rings is 2. The lowest BCUT2D eigenvalue weighted by Gasteiger charge is -2.19. The van der Waals surface area contributed by atoms with Crippen molar-refractivity contribution >= 4 is 22.0 Å². The Hall–Kier alpha value is -2.97. The van der Waals surface area contributed by atoms with Crippen molar-refractivity contribution in [3.05, 3.63) is 83.9 Å². The number of esters is 2. The molecule has 28 heavy (non-hydrogen) atoms. The number of hydrogen-bond donors (Lipinski definition) is 1. The van der Waals surface area contributed by atoms with E-state index in [4.69, 9.17) is 4.74 Å². The van der Waals surface area contributed by atoms with Crippen LogP contribution in [0.5, 0.6) is 0 Å². The van der Waals surface area contributed by atoms with E-state index in [2.05, 4.69) is 9.46 Å². The van der Waals surface area contributed by atoms with E-state index >= 15 is 0 Å². The van der Waals surface area contributed by atoms with Crippen LogP contribution < -0.4 is 4.72 Å². The number of carbonyl (C=O) groups excluding carboxylic acids is 2.